The van der Waals surface area contributed by atoms with Gasteiger partial charge in [-0.25, -0.2) is 0 Å². The summed E-state index contributed by atoms with van der Waals surface area (Å²) in [7, 11) is 0. The molecule has 3 saturated carbocycles. The lowest BCUT2D eigenvalue weighted by molar-refractivity contribution is -0.194. The number of allylic oxidation sites excluding steroid dienone is 1. The second-order valence-corrected chi connectivity index (χ2v) is 10.7. The summed E-state index contributed by atoms with van der Waals surface area (Å²) in [6.07, 6.45) is 8.99. The average molecular weight is 377 g/mol. The molecule has 4 aliphatic carbocycles. The highest BCUT2D eigenvalue weighted by Gasteiger charge is 2.63. The number of aliphatic hydroxyl groups excluding tert-OH is 2. The van der Waals surface area contributed by atoms with Gasteiger partial charge in [-0.2, -0.15) is 0 Å². The van der Waals surface area contributed by atoms with Crippen LogP contribution in [0, 0.1) is 34.5 Å². The van der Waals surface area contributed by atoms with E-state index in [4.69, 9.17) is 9.47 Å². The minimum Gasteiger partial charge on any atom is -0.393 e. The molecule has 0 aromatic heterocycles. The van der Waals surface area contributed by atoms with Crippen molar-refractivity contribution >= 4 is 0 Å². The fourth-order valence-corrected chi connectivity index (χ4v) is 8.31. The number of fused-ring (bicyclic) bond motifs is 5. The summed E-state index contributed by atoms with van der Waals surface area (Å²) in [5, 5.41) is 21.8. The third-order valence-electron chi connectivity index (χ3n) is 9.51. The van der Waals surface area contributed by atoms with Crippen LogP contribution >= 0.6 is 0 Å². The highest BCUT2D eigenvalue weighted by Crippen LogP contribution is 2.67. The first kappa shape index (κ1) is 18.6. The minimum absolute atomic E-state index is 0.0626. The predicted molar refractivity (Wildman–Crippen MR) is 103 cm³/mol. The van der Waals surface area contributed by atoms with Gasteiger partial charge in [-0.05, 0) is 73.5 Å². The molecule has 4 nitrogen and oxygen atoms in total. The van der Waals surface area contributed by atoms with Crippen molar-refractivity contribution in [1.82, 2.24) is 0 Å². The number of ether oxygens (including phenoxy) is 2. The van der Waals surface area contributed by atoms with E-state index in [0.29, 0.717) is 36.9 Å². The zero-order valence-electron chi connectivity index (χ0n) is 17.1. The van der Waals surface area contributed by atoms with E-state index in [1.165, 1.54) is 12.0 Å². The maximum atomic E-state index is 11.4. The molecule has 1 aliphatic heterocycles. The van der Waals surface area contributed by atoms with Crippen molar-refractivity contribution in [3.05, 3.63) is 11.6 Å². The van der Waals surface area contributed by atoms with E-state index in [1.807, 2.05) is 6.92 Å². The van der Waals surface area contributed by atoms with Crippen molar-refractivity contribution in [3.63, 3.8) is 0 Å². The van der Waals surface area contributed by atoms with E-state index in [1.54, 1.807) is 0 Å². The highest BCUT2D eigenvalue weighted by atomic mass is 16.7. The second-order valence-electron chi connectivity index (χ2n) is 10.7. The smallest absolute Gasteiger partial charge is 0.172 e. The van der Waals surface area contributed by atoms with Gasteiger partial charge in [0.1, 0.15) is 0 Å². The van der Waals surface area contributed by atoms with Gasteiger partial charge in [0.05, 0.1) is 25.4 Å². The van der Waals surface area contributed by atoms with Crippen molar-refractivity contribution in [2.45, 2.75) is 83.7 Å². The maximum Gasteiger partial charge on any atom is 0.172 e. The van der Waals surface area contributed by atoms with Crippen LogP contribution in [0.3, 0.4) is 0 Å². The molecule has 4 fully saturated rings. The standard InChI is InChI=1S/C23H36O4/c1-14(24)17-6-7-18-16-5-4-15-12-23(26-10-11-27-23)9-8-21(15,2)20(16)19(25)13-22(17,18)3/h4,14,16-20,24-25H,5-13H2,1-3H3/t14?,16-,17?,18?,19?,20?,21?,22?/m0/s1. The first-order chi connectivity index (χ1) is 12.8. The van der Waals surface area contributed by atoms with Gasteiger partial charge in [0.25, 0.3) is 0 Å². The minimum atomic E-state index is -0.392. The van der Waals surface area contributed by atoms with Crippen molar-refractivity contribution in [3.8, 4) is 0 Å². The molecule has 27 heavy (non-hydrogen) atoms. The molecule has 0 radical (unpaired) electrons. The lowest BCUT2D eigenvalue weighted by Gasteiger charge is -2.60. The van der Waals surface area contributed by atoms with E-state index in [0.717, 1.165) is 38.5 Å². The van der Waals surface area contributed by atoms with Crippen LogP contribution in [0.5, 0.6) is 0 Å². The average Bonchev–Trinajstić information content (AvgIpc) is 3.19. The van der Waals surface area contributed by atoms with Crippen molar-refractivity contribution in [2.24, 2.45) is 34.5 Å². The van der Waals surface area contributed by atoms with Gasteiger partial charge in [0.2, 0.25) is 0 Å². The van der Waals surface area contributed by atoms with Crippen LogP contribution in [-0.4, -0.2) is 41.4 Å². The van der Waals surface area contributed by atoms with Crippen LogP contribution in [0.2, 0.25) is 0 Å². The summed E-state index contributed by atoms with van der Waals surface area (Å²) in [5.41, 5.74) is 1.60. The van der Waals surface area contributed by atoms with Crippen LogP contribution in [0.4, 0.5) is 0 Å². The van der Waals surface area contributed by atoms with Gasteiger partial charge < -0.3 is 19.7 Å². The van der Waals surface area contributed by atoms with Crippen molar-refractivity contribution in [1.29, 1.82) is 0 Å². The fraction of sp³-hybridized carbons (Fsp3) is 0.913. The third kappa shape index (κ3) is 2.49. The Morgan fingerprint density at radius 1 is 1.15 bits per heavy atom. The monoisotopic (exact) mass is 376 g/mol. The third-order valence-corrected chi connectivity index (χ3v) is 9.51. The molecule has 4 heteroatoms. The molecular formula is C23H36O4. The molecular weight excluding hydrogens is 340 g/mol. The Bertz CT molecular complexity index is 636. The van der Waals surface area contributed by atoms with Gasteiger partial charge in [0, 0.05) is 12.8 Å². The number of aliphatic hydroxyl groups is 2. The van der Waals surface area contributed by atoms with Crippen molar-refractivity contribution < 1.29 is 19.7 Å². The molecule has 1 saturated heterocycles. The summed E-state index contributed by atoms with van der Waals surface area (Å²) < 4.78 is 12.0. The largest absolute Gasteiger partial charge is 0.393 e. The Labute approximate surface area is 163 Å². The Balaban J connectivity index is 1.48. The first-order valence-corrected chi connectivity index (χ1v) is 11.1. The predicted octanol–water partition coefficient (Wildman–Crippen LogP) is 3.66. The molecule has 152 valence electrons. The van der Waals surface area contributed by atoms with Crippen LogP contribution in [0.25, 0.3) is 0 Å². The number of hydrogen-bond donors (Lipinski definition) is 2. The normalized spacial score (nSPS) is 52.0. The summed E-state index contributed by atoms with van der Waals surface area (Å²) in [4.78, 5) is 0. The summed E-state index contributed by atoms with van der Waals surface area (Å²) in [5.74, 6) is 1.43. The Kier molecular flexibility index (Phi) is 4.16. The lowest BCUT2D eigenvalue weighted by atomic mass is 9.46. The molecule has 1 spiro atoms. The van der Waals surface area contributed by atoms with Gasteiger partial charge in [0.15, 0.2) is 5.79 Å². The Morgan fingerprint density at radius 2 is 1.89 bits per heavy atom. The zero-order valence-corrected chi connectivity index (χ0v) is 17.1. The summed E-state index contributed by atoms with van der Waals surface area (Å²) in [6.45, 7) is 8.10. The van der Waals surface area contributed by atoms with E-state index in [-0.39, 0.29) is 23.0 Å². The van der Waals surface area contributed by atoms with Gasteiger partial charge in [-0.1, -0.05) is 25.5 Å². The van der Waals surface area contributed by atoms with Gasteiger partial charge in [-0.15, -0.1) is 0 Å². The van der Waals surface area contributed by atoms with Crippen LogP contribution in [0.15, 0.2) is 11.6 Å². The molecule has 5 aliphatic rings. The topological polar surface area (TPSA) is 58.9 Å². The zero-order chi connectivity index (χ0) is 19.0. The molecule has 8 atom stereocenters. The molecule has 5 rings (SSSR count). The van der Waals surface area contributed by atoms with E-state index >= 15 is 0 Å². The fourth-order valence-electron chi connectivity index (χ4n) is 8.31. The Hall–Kier alpha value is -0.420. The molecule has 0 aromatic carbocycles. The van der Waals surface area contributed by atoms with E-state index < -0.39 is 5.79 Å². The van der Waals surface area contributed by atoms with Gasteiger partial charge in [-0.3, -0.25) is 0 Å². The van der Waals surface area contributed by atoms with Crippen LogP contribution < -0.4 is 0 Å². The molecule has 0 bridgehead atoms. The van der Waals surface area contributed by atoms with Gasteiger partial charge >= 0.3 is 0 Å². The number of rotatable bonds is 1. The van der Waals surface area contributed by atoms with Crippen molar-refractivity contribution in [2.75, 3.05) is 13.2 Å². The van der Waals surface area contributed by atoms with E-state index in [9.17, 15) is 10.2 Å². The number of hydrogen-bond acceptors (Lipinski definition) is 4. The molecule has 1 heterocycles. The molecule has 0 aromatic rings. The van der Waals surface area contributed by atoms with Crippen LogP contribution in [0.1, 0.15) is 65.7 Å². The van der Waals surface area contributed by atoms with Crippen LogP contribution in [-0.2, 0) is 9.47 Å². The molecule has 0 amide bonds. The molecule has 2 N–H and O–H groups in total. The quantitative estimate of drug-likeness (QED) is 0.686. The Morgan fingerprint density at radius 3 is 2.59 bits per heavy atom. The molecule has 7 unspecified atom stereocenters. The first-order valence-electron chi connectivity index (χ1n) is 11.1. The summed E-state index contributed by atoms with van der Waals surface area (Å²) >= 11 is 0. The maximum absolute atomic E-state index is 11.4. The second kappa shape index (κ2) is 6.04. The summed E-state index contributed by atoms with van der Waals surface area (Å²) in [6, 6.07) is 0. The van der Waals surface area contributed by atoms with E-state index in [2.05, 4.69) is 19.9 Å². The lowest BCUT2D eigenvalue weighted by Crippen LogP contribution is -2.58. The SMILES string of the molecule is CC(O)C1CCC2[C@@H]3CC=C4CC5(CCC4(C)C3C(O)CC12C)OCCO5. The highest BCUT2D eigenvalue weighted by molar-refractivity contribution is 5.27.